The molecule has 4 atom stereocenters. The highest BCUT2D eigenvalue weighted by atomic mass is 28.4. The molecule has 6 nitrogen and oxygen atoms in total. The van der Waals surface area contributed by atoms with Gasteiger partial charge in [0.15, 0.2) is 16.6 Å². The topological polar surface area (TPSA) is 66.4 Å². The van der Waals surface area contributed by atoms with E-state index in [1.54, 1.807) is 0 Å². The van der Waals surface area contributed by atoms with E-state index in [0.717, 1.165) is 63.5 Å². The Labute approximate surface area is 263 Å². The van der Waals surface area contributed by atoms with E-state index in [1.165, 1.54) is 19.3 Å². The van der Waals surface area contributed by atoms with Crippen LogP contribution in [0.4, 0.5) is 0 Å². The summed E-state index contributed by atoms with van der Waals surface area (Å²) < 4.78 is 19.1. The van der Waals surface area contributed by atoms with Gasteiger partial charge in [0, 0.05) is 18.8 Å². The first-order chi connectivity index (χ1) is 19.5. The zero-order chi connectivity index (χ0) is 31.8. The highest BCUT2D eigenvalue weighted by Gasteiger charge is 2.42. The molecule has 0 unspecified atom stereocenters. The number of hydrogen-bond donors (Lipinski definition) is 0. The molecule has 1 rings (SSSR count). The average molecular weight is 642 g/mol. The Morgan fingerprint density at radius 2 is 1.52 bits per heavy atom. The summed E-state index contributed by atoms with van der Waals surface area (Å²) in [6.07, 6.45) is 18.5. The Bertz CT molecular complexity index is 814. The van der Waals surface area contributed by atoms with Crippen LogP contribution in [-0.2, 0) is 22.9 Å². The molecule has 0 aromatic rings. The lowest BCUT2D eigenvalue weighted by Gasteiger charge is -2.29. The van der Waals surface area contributed by atoms with Crippen molar-refractivity contribution in [2.75, 3.05) is 6.61 Å². The molecule has 0 saturated heterocycles. The molecule has 42 heavy (non-hydrogen) atoms. The van der Waals surface area contributed by atoms with Crippen LogP contribution in [0.2, 0.25) is 58.9 Å². The molecule has 0 aromatic carbocycles. The number of unbranched alkanes of at least 4 members (excludes halogenated alkanes) is 6. The fourth-order valence-corrected chi connectivity index (χ4v) is 8.55. The van der Waals surface area contributed by atoms with Crippen LogP contribution >= 0.6 is 0 Å². The zero-order valence-electron chi connectivity index (χ0n) is 29.4. The molecule has 9 heteroatoms. The van der Waals surface area contributed by atoms with Gasteiger partial charge in [-0.2, -0.15) is 0 Å². The van der Waals surface area contributed by atoms with Gasteiger partial charge in [-0.05, 0) is 90.5 Å². The molecule has 0 radical (unpaired) electrons. The van der Waals surface area contributed by atoms with Crippen molar-refractivity contribution in [1.29, 1.82) is 0 Å². The second-order valence-electron chi connectivity index (χ2n) is 15.1. The monoisotopic (exact) mass is 641 g/mol. The normalized spacial score (nSPS) is 21.8. The van der Waals surface area contributed by atoms with Gasteiger partial charge in [-0.1, -0.05) is 76.1 Å². The molecule has 1 aliphatic carbocycles. The number of nitrogens with zero attached hydrogens (tertiary/aromatic N) is 1. The molecule has 0 aromatic heterocycles. The van der Waals surface area contributed by atoms with Crippen LogP contribution in [-0.4, -0.2) is 55.4 Å². The highest BCUT2D eigenvalue weighted by molar-refractivity contribution is 6.71. The van der Waals surface area contributed by atoms with E-state index in [1.807, 2.05) is 0 Å². The zero-order valence-corrected chi connectivity index (χ0v) is 32.4. The summed E-state index contributed by atoms with van der Waals surface area (Å²) >= 11 is 0. The van der Waals surface area contributed by atoms with Gasteiger partial charge >= 0.3 is 0 Å². The van der Waals surface area contributed by atoms with Crippen molar-refractivity contribution in [2.24, 2.45) is 17.0 Å². The minimum absolute atomic E-state index is 0.0308. The summed E-state index contributed by atoms with van der Waals surface area (Å²) in [4.78, 5) is 18.0. The van der Waals surface area contributed by atoms with Gasteiger partial charge in [0.1, 0.15) is 6.61 Å². The predicted molar refractivity (Wildman–Crippen MR) is 187 cm³/mol. The molecular formula is C33H67NO5Si3. The highest BCUT2D eigenvalue weighted by Crippen LogP contribution is 2.39. The van der Waals surface area contributed by atoms with Crippen molar-refractivity contribution < 1.29 is 22.9 Å². The van der Waals surface area contributed by atoms with Crippen LogP contribution in [0.1, 0.15) is 97.3 Å². The van der Waals surface area contributed by atoms with Crippen LogP contribution in [0.15, 0.2) is 17.3 Å². The van der Waals surface area contributed by atoms with Crippen molar-refractivity contribution in [2.45, 2.75) is 168 Å². The Morgan fingerprint density at radius 3 is 2.12 bits per heavy atom. The molecule has 0 spiro atoms. The summed E-state index contributed by atoms with van der Waals surface area (Å²) in [5, 5.41) is 4.73. The number of carbonyl (C=O) groups excluding carboxylic acids is 1. The van der Waals surface area contributed by atoms with E-state index >= 15 is 0 Å². The Morgan fingerprint density at radius 1 is 0.857 bits per heavy atom. The first-order valence-corrected chi connectivity index (χ1v) is 27.2. The molecule has 0 aliphatic heterocycles. The second-order valence-corrected chi connectivity index (χ2v) is 28.5. The number of hydrogen-bond acceptors (Lipinski definition) is 6. The Hall–Kier alpha value is -0.749. The first kappa shape index (κ1) is 39.3. The SMILES string of the molecule is CCCCC[C@@H](/C=C/[C@@H]1/C(=N/OCCCC)C[C@H](O[Si](C)(C)C)[C@H]1CCCCCCC(=O)O[Si](C)(C)C)O[Si](C)(C)C. The van der Waals surface area contributed by atoms with Crippen molar-refractivity contribution in [3.8, 4) is 0 Å². The molecule has 0 heterocycles. The van der Waals surface area contributed by atoms with Crippen molar-refractivity contribution in [3.63, 3.8) is 0 Å². The van der Waals surface area contributed by atoms with Gasteiger partial charge in [0.25, 0.3) is 5.97 Å². The van der Waals surface area contributed by atoms with Crippen LogP contribution in [0.3, 0.4) is 0 Å². The molecule has 0 amide bonds. The fourth-order valence-electron chi connectivity index (χ4n) is 5.49. The minimum atomic E-state index is -1.80. The molecular weight excluding hydrogens is 575 g/mol. The van der Waals surface area contributed by atoms with Crippen molar-refractivity contribution >= 4 is 36.6 Å². The number of rotatable bonds is 22. The molecule has 0 bridgehead atoms. The maximum atomic E-state index is 12.1. The van der Waals surface area contributed by atoms with Gasteiger partial charge in [-0.25, -0.2) is 0 Å². The maximum Gasteiger partial charge on any atom is 0.292 e. The van der Waals surface area contributed by atoms with E-state index in [-0.39, 0.29) is 24.1 Å². The van der Waals surface area contributed by atoms with Crippen LogP contribution < -0.4 is 0 Å². The quantitative estimate of drug-likeness (QED) is 0.0509. The third-order valence-electron chi connectivity index (χ3n) is 7.23. The van der Waals surface area contributed by atoms with Crippen molar-refractivity contribution in [3.05, 3.63) is 12.2 Å². The molecule has 1 aliphatic rings. The third kappa shape index (κ3) is 18.8. The van der Waals surface area contributed by atoms with Crippen LogP contribution in [0, 0.1) is 11.8 Å². The standard InChI is InChI=1S/C33H67NO5Si3/c1-12-14-18-21-28(37-40(3,4)5)24-25-29-30(22-19-16-17-20-23-33(35)39-42(9,10)11)32(38-41(6,7)8)27-31(29)34-36-26-15-13-2/h24-25,28-30,32H,12-23,26-27H2,1-11H3/b25-24+,34-31+/t28-,29-,30-,32-/m0/s1. The predicted octanol–water partition coefficient (Wildman–Crippen LogP) is 10.1. The van der Waals surface area contributed by atoms with Crippen LogP contribution in [0.5, 0.6) is 0 Å². The first-order valence-electron chi connectivity index (χ1n) is 17.0. The van der Waals surface area contributed by atoms with Gasteiger partial charge < -0.3 is 18.1 Å². The van der Waals surface area contributed by atoms with Gasteiger partial charge in [0.05, 0.1) is 17.9 Å². The van der Waals surface area contributed by atoms with E-state index in [4.69, 9.17) is 23.3 Å². The third-order valence-corrected chi connectivity index (χ3v) is 10.1. The maximum absolute atomic E-state index is 12.1. The number of oxime groups is 1. The smallest absolute Gasteiger partial charge is 0.292 e. The molecule has 1 fully saturated rings. The lowest BCUT2D eigenvalue weighted by Crippen LogP contribution is -2.35. The summed E-state index contributed by atoms with van der Waals surface area (Å²) in [7, 11) is -5.23. The molecule has 246 valence electrons. The average Bonchev–Trinajstić information content (AvgIpc) is 3.14. The van der Waals surface area contributed by atoms with E-state index in [0.29, 0.717) is 18.9 Å². The number of allylic oxidation sites excluding steroid dienone is 1. The summed E-state index contributed by atoms with van der Waals surface area (Å²) in [5.41, 5.74) is 1.13. The van der Waals surface area contributed by atoms with Gasteiger partial charge in [-0.3, -0.25) is 4.79 Å². The van der Waals surface area contributed by atoms with Gasteiger partial charge in [0.2, 0.25) is 8.32 Å². The van der Waals surface area contributed by atoms with Gasteiger partial charge in [-0.15, -0.1) is 0 Å². The molecule has 1 saturated carbocycles. The van der Waals surface area contributed by atoms with E-state index in [9.17, 15) is 4.79 Å². The Kier molecular flexibility index (Phi) is 18.3. The Balaban J connectivity index is 3.06. The van der Waals surface area contributed by atoms with Crippen LogP contribution in [0.25, 0.3) is 0 Å². The number of carbonyl (C=O) groups is 1. The lowest BCUT2D eigenvalue weighted by atomic mass is 9.88. The summed E-state index contributed by atoms with van der Waals surface area (Å²) in [6, 6.07) is 0. The summed E-state index contributed by atoms with van der Waals surface area (Å²) in [6.45, 7) is 25.0. The van der Waals surface area contributed by atoms with Crippen molar-refractivity contribution in [1.82, 2.24) is 0 Å². The second kappa shape index (κ2) is 19.6. The summed E-state index contributed by atoms with van der Waals surface area (Å²) in [5.74, 6) is 0.553. The lowest BCUT2D eigenvalue weighted by molar-refractivity contribution is -0.135. The van der Waals surface area contributed by atoms with E-state index < -0.39 is 25.0 Å². The molecule has 0 N–H and O–H groups in total. The van der Waals surface area contributed by atoms with E-state index in [2.05, 4.69) is 84.9 Å². The minimum Gasteiger partial charge on any atom is -0.520 e. The largest absolute Gasteiger partial charge is 0.520 e. The fraction of sp³-hybridized carbons (Fsp3) is 0.879.